The van der Waals surface area contributed by atoms with Crippen LogP contribution in [-0.2, 0) is 0 Å². The van der Waals surface area contributed by atoms with Crippen molar-refractivity contribution in [2.24, 2.45) is 0 Å². The van der Waals surface area contributed by atoms with Crippen LogP contribution in [0.1, 0.15) is 0 Å². The monoisotopic (exact) mass is 143 g/mol. The van der Waals surface area contributed by atoms with Crippen LogP contribution >= 0.6 is 0 Å². The second-order valence-electron chi connectivity index (χ2n) is 1.28. The quantitative estimate of drug-likeness (QED) is 0.434. The summed E-state index contributed by atoms with van der Waals surface area (Å²) in [5, 5.41) is 1.70. The summed E-state index contributed by atoms with van der Waals surface area (Å²) in [5.41, 5.74) is 0. The second kappa shape index (κ2) is 2.70. The lowest BCUT2D eigenvalue weighted by Crippen LogP contribution is -2.08. The molecule has 0 aromatic carbocycles. The minimum atomic E-state index is -4.58. The second-order valence-corrected chi connectivity index (χ2v) is 1.28. The zero-order chi connectivity index (χ0) is 7.49. The van der Waals surface area contributed by atoms with E-state index in [1.807, 2.05) is 0 Å². The Kier molecular flexibility index (Phi) is 2.48. The highest BCUT2D eigenvalue weighted by atomic mass is 19.4. The van der Waals surface area contributed by atoms with Crippen LogP contribution in [0.15, 0.2) is 12.0 Å². The highest BCUT2D eigenvalue weighted by molar-refractivity contribution is 4.93. The third-order valence-corrected chi connectivity index (χ3v) is 0.529. The first-order chi connectivity index (χ1) is 3.95. The van der Waals surface area contributed by atoms with Crippen molar-refractivity contribution >= 4 is 0 Å². The van der Waals surface area contributed by atoms with Crippen molar-refractivity contribution in [3.63, 3.8) is 0 Å². The fourth-order valence-corrected chi connectivity index (χ4v) is 0.216. The molecule has 0 bridgehead atoms. The molecule has 1 nitrogen and oxygen atoms in total. The molecule has 0 rings (SSSR count). The first-order valence-corrected chi connectivity index (χ1v) is 2.08. The number of allylic oxidation sites excluding steroid dienone is 1. The molecule has 0 radical (unpaired) electrons. The molecule has 0 saturated carbocycles. The number of alkyl halides is 3. The first-order valence-electron chi connectivity index (χ1n) is 2.08. The van der Waals surface area contributed by atoms with Gasteiger partial charge in [-0.25, -0.2) is 0 Å². The Morgan fingerprint density at radius 2 is 1.89 bits per heavy atom. The number of nitrogens with one attached hydrogen (secondary N) is 1. The average molecular weight is 143 g/mol. The SMILES string of the molecule is CN/C(F)=C/C(F)(F)F. The Hall–Kier alpha value is -0.740. The van der Waals surface area contributed by atoms with Crippen molar-refractivity contribution in [3.05, 3.63) is 12.0 Å². The van der Waals surface area contributed by atoms with Crippen LogP contribution < -0.4 is 5.32 Å². The zero-order valence-electron chi connectivity index (χ0n) is 4.59. The van der Waals surface area contributed by atoms with Crippen LogP contribution in [0.4, 0.5) is 17.6 Å². The summed E-state index contributed by atoms with van der Waals surface area (Å²) >= 11 is 0. The third-order valence-electron chi connectivity index (χ3n) is 0.529. The van der Waals surface area contributed by atoms with Crippen LogP contribution in [0.5, 0.6) is 0 Å². The van der Waals surface area contributed by atoms with Gasteiger partial charge < -0.3 is 5.32 Å². The molecule has 0 atom stereocenters. The summed E-state index contributed by atoms with van der Waals surface area (Å²) in [6.07, 6.45) is -5.03. The van der Waals surface area contributed by atoms with E-state index < -0.39 is 18.2 Å². The Morgan fingerprint density at radius 3 is 2.00 bits per heavy atom. The lowest BCUT2D eigenvalue weighted by molar-refractivity contribution is -0.0816. The van der Waals surface area contributed by atoms with E-state index in [4.69, 9.17) is 0 Å². The molecule has 0 spiro atoms. The smallest absolute Gasteiger partial charge is 0.365 e. The van der Waals surface area contributed by atoms with Crippen molar-refractivity contribution in [3.8, 4) is 0 Å². The van der Waals surface area contributed by atoms with Gasteiger partial charge in [0.2, 0.25) is 0 Å². The molecule has 0 aliphatic heterocycles. The van der Waals surface area contributed by atoms with Gasteiger partial charge in [-0.2, -0.15) is 17.6 Å². The molecule has 1 N–H and O–H groups in total. The summed E-state index contributed by atoms with van der Waals surface area (Å²) in [6.45, 7) is 0. The van der Waals surface area contributed by atoms with Crippen molar-refractivity contribution in [1.29, 1.82) is 0 Å². The molecule has 0 aromatic heterocycles. The van der Waals surface area contributed by atoms with Gasteiger partial charge in [-0.05, 0) is 0 Å². The van der Waals surface area contributed by atoms with Crippen molar-refractivity contribution in [2.75, 3.05) is 7.05 Å². The summed E-state index contributed by atoms with van der Waals surface area (Å²) in [4.78, 5) is 0. The predicted molar refractivity (Wildman–Crippen MR) is 24.3 cm³/mol. The van der Waals surface area contributed by atoms with E-state index in [2.05, 4.69) is 0 Å². The predicted octanol–water partition coefficient (Wildman–Crippen LogP) is 1.58. The van der Waals surface area contributed by atoms with Gasteiger partial charge in [0.05, 0.1) is 6.08 Å². The van der Waals surface area contributed by atoms with Crippen LogP contribution in [0.3, 0.4) is 0 Å². The van der Waals surface area contributed by atoms with Gasteiger partial charge in [0.1, 0.15) is 0 Å². The third kappa shape index (κ3) is 5.13. The van der Waals surface area contributed by atoms with Gasteiger partial charge in [-0.15, -0.1) is 0 Å². The maximum atomic E-state index is 11.7. The molecule has 9 heavy (non-hydrogen) atoms. The van der Waals surface area contributed by atoms with Crippen LogP contribution in [-0.4, -0.2) is 13.2 Å². The van der Waals surface area contributed by atoms with E-state index in [1.54, 1.807) is 5.32 Å². The van der Waals surface area contributed by atoms with Gasteiger partial charge in [-0.1, -0.05) is 0 Å². The van der Waals surface area contributed by atoms with Crippen molar-refractivity contribution < 1.29 is 17.6 Å². The molecule has 0 unspecified atom stereocenters. The van der Waals surface area contributed by atoms with Gasteiger partial charge in [0.25, 0.3) is 0 Å². The highest BCUT2D eigenvalue weighted by Crippen LogP contribution is 2.17. The molecule has 0 saturated heterocycles. The number of rotatable bonds is 1. The maximum Gasteiger partial charge on any atom is 0.414 e. The fraction of sp³-hybridized carbons (Fsp3) is 0.500. The zero-order valence-corrected chi connectivity index (χ0v) is 4.59. The van der Waals surface area contributed by atoms with Gasteiger partial charge in [0.15, 0.2) is 5.95 Å². The van der Waals surface area contributed by atoms with Crippen molar-refractivity contribution in [2.45, 2.75) is 6.18 Å². The van der Waals surface area contributed by atoms with Crippen LogP contribution in [0, 0.1) is 0 Å². The number of hydrogen-bond acceptors (Lipinski definition) is 1. The molecular formula is C4H5F4N. The largest absolute Gasteiger partial charge is 0.414 e. The van der Waals surface area contributed by atoms with Crippen LogP contribution in [0.25, 0.3) is 0 Å². The lowest BCUT2D eigenvalue weighted by Gasteiger charge is -1.98. The Morgan fingerprint density at radius 1 is 1.44 bits per heavy atom. The molecule has 0 aliphatic rings. The first kappa shape index (κ1) is 8.26. The number of halogens is 4. The Labute approximate surface area is 49.4 Å². The van der Waals surface area contributed by atoms with Gasteiger partial charge in [-0.3, -0.25) is 0 Å². The van der Waals surface area contributed by atoms with E-state index in [0.717, 1.165) is 7.05 Å². The van der Waals surface area contributed by atoms with Gasteiger partial charge >= 0.3 is 6.18 Å². The van der Waals surface area contributed by atoms with Crippen molar-refractivity contribution in [1.82, 2.24) is 5.32 Å². The van der Waals surface area contributed by atoms with Crippen LogP contribution in [0.2, 0.25) is 0 Å². The van der Waals surface area contributed by atoms with E-state index in [9.17, 15) is 17.6 Å². The average Bonchev–Trinajstić information content (AvgIpc) is 1.62. The summed E-state index contributed by atoms with van der Waals surface area (Å²) in [6, 6.07) is 0. The summed E-state index contributed by atoms with van der Waals surface area (Å²) < 4.78 is 45.1. The van der Waals surface area contributed by atoms with E-state index in [0.29, 0.717) is 0 Å². The minimum Gasteiger partial charge on any atom is -0.365 e. The van der Waals surface area contributed by atoms with E-state index >= 15 is 0 Å². The standard InChI is InChI=1S/C4H5F4N/c1-9-3(5)2-4(6,7)8/h2,9H,1H3/b3-2+. The van der Waals surface area contributed by atoms with Gasteiger partial charge in [0, 0.05) is 7.05 Å². The molecule has 54 valence electrons. The molecule has 0 aromatic rings. The normalized spacial score (nSPS) is 13.7. The maximum absolute atomic E-state index is 11.7. The molecular weight excluding hydrogens is 138 g/mol. The topological polar surface area (TPSA) is 12.0 Å². The summed E-state index contributed by atoms with van der Waals surface area (Å²) in [7, 11) is 1.07. The molecule has 0 amide bonds. The number of hydrogen-bond donors (Lipinski definition) is 1. The lowest BCUT2D eigenvalue weighted by atomic mass is 10.6. The molecule has 0 aliphatic carbocycles. The Balaban J connectivity index is 3.95. The molecule has 0 heterocycles. The highest BCUT2D eigenvalue weighted by Gasteiger charge is 2.24. The molecule has 0 fully saturated rings. The summed E-state index contributed by atoms with van der Waals surface area (Å²) in [5.74, 6) is -1.39. The minimum absolute atomic E-state index is 0.451. The Bertz CT molecular complexity index is 114. The molecule has 5 heteroatoms. The van der Waals surface area contributed by atoms with E-state index in [1.165, 1.54) is 0 Å². The fourth-order valence-electron chi connectivity index (χ4n) is 0.216. The van der Waals surface area contributed by atoms with E-state index in [-0.39, 0.29) is 0 Å².